The van der Waals surface area contributed by atoms with Crippen molar-refractivity contribution in [3.05, 3.63) is 65.9 Å². The molecule has 25 heavy (non-hydrogen) atoms. The molecule has 1 aromatic carbocycles. The number of halogens is 1. The second kappa shape index (κ2) is 7.47. The van der Waals surface area contributed by atoms with Crippen LogP contribution in [0.4, 0.5) is 4.39 Å². The number of benzene rings is 1. The smallest absolute Gasteiger partial charge is 0.227 e. The number of aromatic amines is 1. The normalized spacial score (nSPS) is 12.5. The van der Waals surface area contributed by atoms with E-state index in [4.69, 9.17) is 0 Å². The zero-order valence-corrected chi connectivity index (χ0v) is 14.4. The van der Waals surface area contributed by atoms with E-state index >= 15 is 0 Å². The summed E-state index contributed by atoms with van der Waals surface area (Å²) in [7, 11) is 0. The maximum atomic E-state index is 13.2. The lowest BCUT2D eigenvalue weighted by Crippen LogP contribution is -2.33. The Morgan fingerprint density at radius 1 is 1.32 bits per heavy atom. The Kier molecular flexibility index (Phi) is 5.12. The number of rotatable bonds is 6. The standard InChI is InChI=1S/C20H22FN3O/c1-13(2)19(15-4-3-8-22-11-15)20(25)23-9-7-14-12-24-18-10-16(21)5-6-17(14)18/h3-6,8,10-13,19,24H,7,9H2,1-2H3,(H,23,25)/t19-/m0/s1. The summed E-state index contributed by atoms with van der Waals surface area (Å²) < 4.78 is 13.2. The van der Waals surface area contributed by atoms with Crippen molar-refractivity contribution in [2.24, 2.45) is 5.92 Å². The van der Waals surface area contributed by atoms with Crippen LogP contribution in [0.1, 0.15) is 30.9 Å². The number of H-pyrrole nitrogens is 1. The molecule has 3 rings (SSSR count). The van der Waals surface area contributed by atoms with Gasteiger partial charge in [-0.1, -0.05) is 19.9 Å². The fourth-order valence-electron chi connectivity index (χ4n) is 3.19. The average Bonchev–Trinajstić information content (AvgIpc) is 2.98. The summed E-state index contributed by atoms with van der Waals surface area (Å²) in [4.78, 5) is 19.8. The summed E-state index contributed by atoms with van der Waals surface area (Å²) in [6.45, 7) is 4.60. The Bertz CT molecular complexity index is 858. The van der Waals surface area contributed by atoms with E-state index in [0.717, 1.165) is 22.0 Å². The fourth-order valence-corrected chi connectivity index (χ4v) is 3.19. The van der Waals surface area contributed by atoms with E-state index in [1.54, 1.807) is 18.5 Å². The van der Waals surface area contributed by atoms with E-state index < -0.39 is 0 Å². The van der Waals surface area contributed by atoms with Crippen LogP contribution < -0.4 is 5.32 Å². The van der Waals surface area contributed by atoms with Crippen LogP contribution in [-0.2, 0) is 11.2 Å². The Labute approximate surface area is 146 Å². The molecule has 3 aromatic rings. The highest BCUT2D eigenvalue weighted by Crippen LogP contribution is 2.24. The molecule has 0 aliphatic carbocycles. The molecule has 0 saturated carbocycles. The van der Waals surface area contributed by atoms with Gasteiger partial charge in [-0.3, -0.25) is 9.78 Å². The first-order chi connectivity index (χ1) is 12.1. The third kappa shape index (κ3) is 3.87. The molecule has 0 fully saturated rings. The van der Waals surface area contributed by atoms with Crippen molar-refractivity contribution in [3.63, 3.8) is 0 Å². The largest absolute Gasteiger partial charge is 0.361 e. The highest BCUT2D eigenvalue weighted by atomic mass is 19.1. The number of hydrogen-bond acceptors (Lipinski definition) is 2. The highest BCUT2D eigenvalue weighted by molar-refractivity contribution is 5.85. The molecule has 0 spiro atoms. The SMILES string of the molecule is CC(C)[C@H](C(=O)NCCc1c[nH]c2cc(F)ccc12)c1cccnc1. The number of fused-ring (bicyclic) bond motifs is 1. The zero-order chi connectivity index (χ0) is 17.8. The summed E-state index contributed by atoms with van der Waals surface area (Å²) in [5.41, 5.74) is 2.77. The van der Waals surface area contributed by atoms with Crippen LogP contribution in [0.2, 0.25) is 0 Å². The van der Waals surface area contributed by atoms with E-state index in [-0.39, 0.29) is 23.6 Å². The number of nitrogens with one attached hydrogen (secondary N) is 2. The summed E-state index contributed by atoms with van der Waals surface area (Å²) in [6, 6.07) is 8.49. The molecule has 0 bridgehead atoms. The summed E-state index contributed by atoms with van der Waals surface area (Å²) in [5.74, 6) is -0.287. The van der Waals surface area contributed by atoms with Crippen molar-refractivity contribution in [3.8, 4) is 0 Å². The first-order valence-electron chi connectivity index (χ1n) is 8.49. The predicted octanol–water partition coefficient (Wildman–Crippen LogP) is 3.80. The highest BCUT2D eigenvalue weighted by Gasteiger charge is 2.24. The van der Waals surface area contributed by atoms with Crippen LogP contribution >= 0.6 is 0 Å². The maximum absolute atomic E-state index is 13.2. The van der Waals surface area contributed by atoms with E-state index in [2.05, 4.69) is 15.3 Å². The van der Waals surface area contributed by atoms with Gasteiger partial charge < -0.3 is 10.3 Å². The minimum atomic E-state index is -0.259. The fraction of sp³-hybridized carbons (Fsp3) is 0.300. The van der Waals surface area contributed by atoms with Gasteiger partial charge in [0, 0.05) is 36.0 Å². The molecule has 5 heteroatoms. The molecule has 130 valence electrons. The molecule has 1 amide bonds. The average molecular weight is 339 g/mol. The van der Waals surface area contributed by atoms with Crippen LogP contribution in [0.5, 0.6) is 0 Å². The van der Waals surface area contributed by atoms with Crippen LogP contribution in [0.25, 0.3) is 10.9 Å². The number of hydrogen-bond donors (Lipinski definition) is 2. The summed E-state index contributed by atoms with van der Waals surface area (Å²) >= 11 is 0. The van der Waals surface area contributed by atoms with Gasteiger partial charge in [-0.05, 0) is 47.7 Å². The van der Waals surface area contributed by atoms with Gasteiger partial charge in [-0.25, -0.2) is 4.39 Å². The lowest BCUT2D eigenvalue weighted by atomic mass is 9.88. The number of nitrogens with zero attached hydrogens (tertiary/aromatic N) is 1. The number of carbonyl (C=O) groups excluding carboxylic acids is 1. The molecule has 2 aromatic heterocycles. The Morgan fingerprint density at radius 3 is 2.88 bits per heavy atom. The second-order valence-corrected chi connectivity index (χ2v) is 6.55. The number of pyridine rings is 1. The molecule has 0 saturated heterocycles. The Hall–Kier alpha value is -2.69. The van der Waals surface area contributed by atoms with Crippen molar-refractivity contribution in [1.82, 2.24) is 15.3 Å². The predicted molar refractivity (Wildman–Crippen MR) is 96.8 cm³/mol. The molecule has 1 atom stereocenters. The monoisotopic (exact) mass is 339 g/mol. The van der Waals surface area contributed by atoms with Gasteiger partial charge in [0.2, 0.25) is 5.91 Å². The van der Waals surface area contributed by atoms with Crippen molar-refractivity contribution in [2.75, 3.05) is 6.54 Å². The minimum Gasteiger partial charge on any atom is -0.361 e. The molecule has 2 N–H and O–H groups in total. The molecular weight excluding hydrogens is 317 g/mol. The minimum absolute atomic E-state index is 0.00823. The van der Waals surface area contributed by atoms with Crippen LogP contribution in [0.15, 0.2) is 48.9 Å². The third-order valence-electron chi connectivity index (χ3n) is 4.42. The van der Waals surface area contributed by atoms with Gasteiger partial charge in [0.25, 0.3) is 0 Å². The molecule has 2 heterocycles. The molecule has 0 radical (unpaired) electrons. The van der Waals surface area contributed by atoms with E-state index in [1.807, 2.05) is 32.2 Å². The van der Waals surface area contributed by atoms with E-state index in [1.165, 1.54) is 12.1 Å². The van der Waals surface area contributed by atoms with Gasteiger partial charge in [0.1, 0.15) is 5.82 Å². The first kappa shape index (κ1) is 17.1. The quantitative estimate of drug-likeness (QED) is 0.718. The van der Waals surface area contributed by atoms with Gasteiger partial charge in [-0.15, -0.1) is 0 Å². The maximum Gasteiger partial charge on any atom is 0.227 e. The van der Waals surface area contributed by atoms with Gasteiger partial charge in [0.15, 0.2) is 0 Å². The molecule has 0 unspecified atom stereocenters. The van der Waals surface area contributed by atoms with E-state index in [0.29, 0.717) is 13.0 Å². The van der Waals surface area contributed by atoms with Gasteiger partial charge >= 0.3 is 0 Å². The number of carbonyl (C=O) groups is 1. The van der Waals surface area contributed by atoms with Crippen molar-refractivity contribution in [2.45, 2.75) is 26.2 Å². The Balaban J connectivity index is 1.65. The lowest BCUT2D eigenvalue weighted by molar-refractivity contribution is -0.123. The van der Waals surface area contributed by atoms with Crippen LogP contribution in [0.3, 0.4) is 0 Å². The molecule has 0 aliphatic rings. The second-order valence-electron chi connectivity index (χ2n) is 6.55. The van der Waals surface area contributed by atoms with Crippen molar-refractivity contribution >= 4 is 16.8 Å². The Morgan fingerprint density at radius 2 is 2.16 bits per heavy atom. The first-order valence-corrected chi connectivity index (χ1v) is 8.49. The van der Waals surface area contributed by atoms with Gasteiger partial charge in [0.05, 0.1) is 5.92 Å². The molecule has 0 aliphatic heterocycles. The van der Waals surface area contributed by atoms with Crippen LogP contribution in [0, 0.1) is 11.7 Å². The van der Waals surface area contributed by atoms with E-state index in [9.17, 15) is 9.18 Å². The van der Waals surface area contributed by atoms with Crippen molar-refractivity contribution < 1.29 is 9.18 Å². The van der Waals surface area contributed by atoms with Crippen LogP contribution in [-0.4, -0.2) is 22.4 Å². The molecular formula is C20H22FN3O. The number of aromatic nitrogens is 2. The van der Waals surface area contributed by atoms with Gasteiger partial charge in [-0.2, -0.15) is 0 Å². The number of amides is 1. The topological polar surface area (TPSA) is 57.8 Å². The zero-order valence-electron chi connectivity index (χ0n) is 14.4. The summed E-state index contributed by atoms with van der Waals surface area (Å²) in [6.07, 6.45) is 6.02. The lowest BCUT2D eigenvalue weighted by Gasteiger charge is -2.20. The summed E-state index contributed by atoms with van der Waals surface area (Å²) in [5, 5.41) is 4.01. The van der Waals surface area contributed by atoms with Crippen molar-refractivity contribution in [1.29, 1.82) is 0 Å². The molecule has 4 nitrogen and oxygen atoms in total. The third-order valence-corrected chi connectivity index (χ3v) is 4.42.